The fraction of sp³-hybridized carbons (Fsp3) is 0.412. The number of carbonyl (C=O) groups is 3. The standard InChI is InChI=1S/C17H21N3O6/c1-6-24-17(23)14-9(3)13(10(4)18-14)16(22)25-11(5)15(21)19-12-7-8(2)26-20-12/h7,11,18H,6H2,1-5H3,(H,19,20,21)/t11-/m1/s1. The van der Waals surface area contributed by atoms with Crippen molar-refractivity contribution in [1.82, 2.24) is 10.1 Å². The van der Waals surface area contributed by atoms with Crippen LogP contribution in [0.4, 0.5) is 5.82 Å². The Labute approximate surface area is 150 Å². The Morgan fingerprint density at radius 3 is 2.54 bits per heavy atom. The van der Waals surface area contributed by atoms with E-state index in [4.69, 9.17) is 14.0 Å². The predicted molar refractivity (Wildman–Crippen MR) is 91.0 cm³/mol. The van der Waals surface area contributed by atoms with Gasteiger partial charge in [-0.15, -0.1) is 0 Å². The molecule has 0 unspecified atom stereocenters. The van der Waals surface area contributed by atoms with Gasteiger partial charge in [0.05, 0.1) is 12.2 Å². The van der Waals surface area contributed by atoms with E-state index >= 15 is 0 Å². The minimum absolute atomic E-state index is 0.187. The smallest absolute Gasteiger partial charge is 0.355 e. The molecule has 2 heterocycles. The van der Waals surface area contributed by atoms with Gasteiger partial charge in [-0.2, -0.15) is 0 Å². The van der Waals surface area contributed by atoms with Crippen LogP contribution in [0.5, 0.6) is 0 Å². The maximum absolute atomic E-state index is 12.4. The summed E-state index contributed by atoms with van der Waals surface area (Å²) in [5, 5.41) is 6.13. The van der Waals surface area contributed by atoms with Gasteiger partial charge < -0.3 is 24.3 Å². The van der Waals surface area contributed by atoms with Crippen LogP contribution in [0, 0.1) is 20.8 Å². The average Bonchev–Trinajstić information content (AvgIpc) is 3.10. The van der Waals surface area contributed by atoms with E-state index in [0.717, 1.165) is 0 Å². The first kappa shape index (κ1) is 19.2. The Kier molecular flexibility index (Phi) is 5.81. The molecule has 0 aromatic carbocycles. The molecule has 0 spiro atoms. The summed E-state index contributed by atoms with van der Waals surface area (Å²) in [5.41, 5.74) is 1.25. The molecule has 0 fully saturated rings. The molecule has 26 heavy (non-hydrogen) atoms. The van der Waals surface area contributed by atoms with E-state index in [1.807, 2.05) is 0 Å². The molecular formula is C17H21N3O6. The zero-order valence-electron chi connectivity index (χ0n) is 15.3. The first-order chi connectivity index (χ1) is 12.2. The number of hydrogen-bond donors (Lipinski definition) is 2. The molecule has 0 bridgehead atoms. The molecule has 0 radical (unpaired) electrons. The minimum atomic E-state index is -1.07. The van der Waals surface area contributed by atoms with Crippen molar-refractivity contribution in [2.24, 2.45) is 0 Å². The molecule has 9 heteroatoms. The molecule has 0 aliphatic rings. The molecule has 2 N–H and O–H groups in total. The summed E-state index contributed by atoms with van der Waals surface area (Å²) in [6.07, 6.45) is -1.07. The van der Waals surface area contributed by atoms with Gasteiger partial charge in [-0.3, -0.25) is 4.79 Å². The Morgan fingerprint density at radius 2 is 1.96 bits per heavy atom. The van der Waals surface area contributed by atoms with Crippen LogP contribution in [0.25, 0.3) is 0 Å². The summed E-state index contributed by atoms with van der Waals surface area (Å²) in [5.74, 6) is -1.06. The lowest BCUT2D eigenvalue weighted by atomic mass is 10.1. The SMILES string of the molecule is CCOC(=O)c1[nH]c(C)c(C(=O)O[C@H](C)C(=O)Nc2cc(C)on2)c1C. The third-order valence-corrected chi connectivity index (χ3v) is 3.65. The number of aromatic amines is 1. The molecule has 2 aromatic heterocycles. The first-order valence-corrected chi connectivity index (χ1v) is 8.06. The number of H-pyrrole nitrogens is 1. The van der Waals surface area contributed by atoms with E-state index in [1.165, 1.54) is 6.92 Å². The lowest BCUT2D eigenvalue weighted by Crippen LogP contribution is -2.30. The van der Waals surface area contributed by atoms with Gasteiger partial charge in [-0.1, -0.05) is 5.16 Å². The van der Waals surface area contributed by atoms with Gasteiger partial charge in [0, 0.05) is 11.8 Å². The van der Waals surface area contributed by atoms with Crippen LogP contribution >= 0.6 is 0 Å². The second-order valence-corrected chi connectivity index (χ2v) is 5.71. The van der Waals surface area contributed by atoms with Crippen LogP contribution < -0.4 is 5.32 Å². The predicted octanol–water partition coefficient (Wildman–Crippen LogP) is 2.29. The topological polar surface area (TPSA) is 124 Å². The molecule has 0 aliphatic carbocycles. The fourth-order valence-electron chi connectivity index (χ4n) is 2.39. The lowest BCUT2D eigenvalue weighted by Gasteiger charge is -2.12. The van der Waals surface area contributed by atoms with E-state index in [-0.39, 0.29) is 23.7 Å². The van der Waals surface area contributed by atoms with Gasteiger partial charge in [0.25, 0.3) is 5.91 Å². The van der Waals surface area contributed by atoms with Crippen LogP contribution in [-0.2, 0) is 14.3 Å². The van der Waals surface area contributed by atoms with E-state index in [1.54, 1.807) is 33.8 Å². The van der Waals surface area contributed by atoms with Gasteiger partial charge >= 0.3 is 11.9 Å². The Hall–Kier alpha value is -3.10. The van der Waals surface area contributed by atoms with E-state index in [0.29, 0.717) is 17.0 Å². The van der Waals surface area contributed by atoms with Crippen molar-refractivity contribution < 1.29 is 28.4 Å². The Bertz CT molecular complexity index is 836. The number of aryl methyl sites for hydroxylation is 2. The van der Waals surface area contributed by atoms with Crippen molar-refractivity contribution in [3.8, 4) is 0 Å². The highest BCUT2D eigenvalue weighted by atomic mass is 16.5. The number of ether oxygens (including phenoxy) is 2. The highest BCUT2D eigenvalue weighted by Crippen LogP contribution is 2.20. The Balaban J connectivity index is 2.09. The maximum atomic E-state index is 12.4. The van der Waals surface area contributed by atoms with Gasteiger partial charge in [0.1, 0.15) is 11.5 Å². The van der Waals surface area contributed by atoms with Crippen LogP contribution in [0.2, 0.25) is 0 Å². The highest BCUT2D eigenvalue weighted by Gasteiger charge is 2.27. The largest absolute Gasteiger partial charge is 0.461 e. The van der Waals surface area contributed by atoms with Gasteiger partial charge in [0.15, 0.2) is 11.9 Å². The van der Waals surface area contributed by atoms with Crippen LogP contribution in [-0.4, -0.2) is 40.7 Å². The zero-order valence-corrected chi connectivity index (χ0v) is 15.3. The van der Waals surface area contributed by atoms with Gasteiger partial charge in [-0.25, -0.2) is 9.59 Å². The number of anilines is 1. The second kappa shape index (κ2) is 7.85. The summed E-state index contributed by atoms with van der Waals surface area (Å²) < 4.78 is 15.0. The normalized spacial score (nSPS) is 11.7. The molecule has 0 aliphatic heterocycles. The van der Waals surface area contributed by atoms with Crippen molar-refractivity contribution in [2.75, 3.05) is 11.9 Å². The van der Waals surface area contributed by atoms with Gasteiger partial charge in [-0.05, 0) is 40.2 Å². The van der Waals surface area contributed by atoms with Crippen molar-refractivity contribution in [3.05, 3.63) is 34.3 Å². The third-order valence-electron chi connectivity index (χ3n) is 3.65. The fourth-order valence-corrected chi connectivity index (χ4v) is 2.39. The number of esters is 2. The Morgan fingerprint density at radius 1 is 1.27 bits per heavy atom. The maximum Gasteiger partial charge on any atom is 0.355 e. The number of hydrogen-bond acceptors (Lipinski definition) is 7. The monoisotopic (exact) mass is 363 g/mol. The quantitative estimate of drug-likeness (QED) is 0.755. The zero-order chi connectivity index (χ0) is 19.4. The summed E-state index contributed by atoms with van der Waals surface area (Å²) in [7, 11) is 0. The number of nitrogens with one attached hydrogen (secondary N) is 2. The van der Waals surface area contributed by atoms with Crippen LogP contribution in [0.1, 0.15) is 51.7 Å². The molecule has 0 saturated heterocycles. The highest BCUT2D eigenvalue weighted by molar-refractivity contribution is 6.00. The molecular weight excluding hydrogens is 342 g/mol. The molecule has 1 amide bonds. The molecule has 2 rings (SSSR count). The molecule has 2 aromatic rings. The van der Waals surface area contributed by atoms with Crippen LogP contribution in [0.15, 0.2) is 10.6 Å². The number of amides is 1. The number of nitrogens with zero attached hydrogens (tertiary/aromatic N) is 1. The first-order valence-electron chi connectivity index (χ1n) is 8.06. The lowest BCUT2D eigenvalue weighted by molar-refractivity contribution is -0.123. The van der Waals surface area contributed by atoms with Gasteiger partial charge in [0.2, 0.25) is 0 Å². The van der Waals surface area contributed by atoms with Crippen molar-refractivity contribution in [3.63, 3.8) is 0 Å². The summed E-state index contributed by atoms with van der Waals surface area (Å²) in [6, 6.07) is 1.54. The molecule has 140 valence electrons. The van der Waals surface area contributed by atoms with E-state index in [9.17, 15) is 14.4 Å². The van der Waals surface area contributed by atoms with E-state index in [2.05, 4.69) is 15.5 Å². The van der Waals surface area contributed by atoms with Crippen molar-refractivity contribution in [2.45, 2.75) is 40.7 Å². The second-order valence-electron chi connectivity index (χ2n) is 5.71. The van der Waals surface area contributed by atoms with Crippen LogP contribution in [0.3, 0.4) is 0 Å². The number of aromatic nitrogens is 2. The third kappa shape index (κ3) is 4.11. The van der Waals surface area contributed by atoms with Crippen molar-refractivity contribution >= 4 is 23.7 Å². The number of carbonyl (C=O) groups excluding carboxylic acids is 3. The van der Waals surface area contributed by atoms with Crippen molar-refractivity contribution in [1.29, 1.82) is 0 Å². The number of rotatable bonds is 6. The minimum Gasteiger partial charge on any atom is -0.461 e. The van der Waals surface area contributed by atoms with E-state index < -0.39 is 23.9 Å². The summed E-state index contributed by atoms with van der Waals surface area (Å²) in [6.45, 7) is 8.27. The summed E-state index contributed by atoms with van der Waals surface area (Å²) >= 11 is 0. The average molecular weight is 363 g/mol. The summed E-state index contributed by atoms with van der Waals surface area (Å²) in [4.78, 5) is 39.3. The molecule has 9 nitrogen and oxygen atoms in total. The molecule has 0 saturated carbocycles. The molecule has 1 atom stereocenters.